The molecular formula is C16H18N2. The molecule has 3 N–H and O–H groups in total. The minimum absolute atomic E-state index is 0.121. The third-order valence-corrected chi connectivity index (χ3v) is 3.15. The van der Waals surface area contributed by atoms with Gasteiger partial charge in [0.15, 0.2) is 0 Å². The molecule has 0 spiro atoms. The van der Waals surface area contributed by atoms with Gasteiger partial charge >= 0.3 is 0 Å². The Hall–Kier alpha value is -2.09. The number of benzene rings is 2. The molecule has 2 aromatic carbocycles. The Morgan fingerprint density at radius 3 is 2.50 bits per heavy atom. The van der Waals surface area contributed by atoms with Crippen molar-refractivity contribution in [3.05, 3.63) is 59.2 Å². The van der Waals surface area contributed by atoms with Crippen molar-refractivity contribution < 1.29 is 0 Å². The van der Waals surface area contributed by atoms with Crippen molar-refractivity contribution in [1.29, 1.82) is 5.41 Å². The van der Waals surface area contributed by atoms with Crippen LogP contribution in [0.4, 0.5) is 0 Å². The Kier molecular flexibility index (Phi) is 3.47. The molecule has 2 rings (SSSR count). The van der Waals surface area contributed by atoms with Gasteiger partial charge in [-0.2, -0.15) is 0 Å². The molecule has 0 aromatic heterocycles. The number of hydrogen-bond donors (Lipinski definition) is 2. The van der Waals surface area contributed by atoms with Gasteiger partial charge in [-0.3, -0.25) is 5.41 Å². The summed E-state index contributed by atoms with van der Waals surface area (Å²) < 4.78 is 0. The lowest BCUT2D eigenvalue weighted by molar-refractivity contribution is 1.14. The molecule has 18 heavy (non-hydrogen) atoms. The molecule has 2 aromatic rings. The SMILES string of the molecule is CCc1ccccc1-c1cc(C)ccc1C(=N)N. The van der Waals surface area contributed by atoms with Crippen LogP contribution in [0.3, 0.4) is 0 Å². The molecule has 2 heteroatoms. The molecule has 0 bridgehead atoms. The molecule has 0 aliphatic rings. The fraction of sp³-hybridized carbons (Fsp3) is 0.188. The Bertz CT molecular complexity index is 585. The van der Waals surface area contributed by atoms with E-state index in [-0.39, 0.29) is 5.84 Å². The number of aryl methyl sites for hydroxylation is 2. The average molecular weight is 238 g/mol. The van der Waals surface area contributed by atoms with Gasteiger partial charge < -0.3 is 5.73 Å². The second-order valence-corrected chi connectivity index (χ2v) is 4.47. The standard InChI is InChI=1S/C16H18N2/c1-3-12-6-4-5-7-13(12)15-10-11(2)8-9-14(15)16(17)18/h4-10H,3H2,1-2H3,(H3,17,18). The molecular weight excluding hydrogens is 220 g/mol. The van der Waals surface area contributed by atoms with Gasteiger partial charge in [-0.05, 0) is 30.0 Å². The van der Waals surface area contributed by atoms with Gasteiger partial charge in [0.25, 0.3) is 0 Å². The zero-order valence-corrected chi connectivity index (χ0v) is 10.8. The topological polar surface area (TPSA) is 49.9 Å². The molecule has 0 aliphatic carbocycles. The quantitative estimate of drug-likeness (QED) is 0.624. The zero-order chi connectivity index (χ0) is 13.1. The van der Waals surface area contributed by atoms with E-state index in [1.165, 1.54) is 16.7 Å². The van der Waals surface area contributed by atoms with Gasteiger partial charge in [-0.15, -0.1) is 0 Å². The van der Waals surface area contributed by atoms with Crippen molar-refractivity contribution in [3.8, 4) is 11.1 Å². The highest BCUT2D eigenvalue weighted by Gasteiger charge is 2.10. The van der Waals surface area contributed by atoms with Crippen LogP contribution in [0.5, 0.6) is 0 Å². The second-order valence-electron chi connectivity index (χ2n) is 4.47. The van der Waals surface area contributed by atoms with E-state index in [1.807, 2.05) is 24.3 Å². The summed E-state index contributed by atoms with van der Waals surface area (Å²) in [5, 5.41) is 7.70. The first kappa shape index (κ1) is 12.4. The van der Waals surface area contributed by atoms with Crippen molar-refractivity contribution in [3.63, 3.8) is 0 Å². The Morgan fingerprint density at radius 1 is 1.11 bits per heavy atom. The largest absolute Gasteiger partial charge is 0.384 e. The highest BCUT2D eigenvalue weighted by Crippen LogP contribution is 2.28. The highest BCUT2D eigenvalue weighted by atomic mass is 14.7. The van der Waals surface area contributed by atoms with Crippen molar-refractivity contribution >= 4 is 5.84 Å². The minimum atomic E-state index is 0.121. The summed E-state index contributed by atoms with van der Waals surface area (Å²) in [5.74, 6) is 0.121. The Labute approximate surface area is 108 Å². The first-order chi connectivity index (χ1) is 8.63. The summed E-state index contributed by atoms with van der Waals surface area (Å²) in [6, 6.07) is 14.3. The van der Waals surface area contributed by atoms with Crippen LogP contribution in [0.1, 0.15) is 23.6 Å². The van der Waals surface area contributed by atoms with Crippen molar-refractivity contribution in [2.45, 2.75) is 20.3 Å². The van der Waals surface area contributed by atoms with Gasteiger partial charge in [-0.25, -0.2) is 0 Å². The molecule has 0 unspecified atom stereocenters. The summed E-state index contributed by atoms with van der Waals surface area (Å²) in [5.41, 5.74) is 11.2. The minimum Gasteiger partial charge on any atom is -0.384 e. The predicted molar refractivity (Wildman–Crippen MR) is 77.0 cm³/mol. The average Bonchev–Trinajstić information content (AvgIpc) is 2.38. The lowest BCUT2D eigenvalue weighted by Gasteiger charge is -2.13. The monoisotopic (exact) mass is 238 g/mol. The van der Waals surface area contributed by atoms with E-state index in [0.29, 0.717) is 0 Å². The summed E-state index contributed by atoms with van der Waals surface area (Å²) in [6.07, 6.45) is 0.974. The molecule has 0 amide bonds. The number of nitrogens with one attached hydrogen (secondary N) is 1. The van der Waals surface area contributed by atoms with Crippen LogP contribution in [0.15, 0.2) is 42.5 Å². The molecule has 0 saturated heterocycles. The van der Waals surface area contributed by atoms with Gasteiger partial charge in [0.1, 0.15) is 5.84 Å². The number of nitrogen functional groups attached to an aromatic ring is 1. The smallest absolute Gasteiger partial charge is 0.123 e. The van der Waals surface area contributed by atoms with Crippen molar-refractivity contribution in [2.75, 3.05) is 0 Å². The molecule has 0 fully saturated rings. The maximum atomic E-state index is 7.70. The zero-order valence-electron chi connectivity index (χ0n) is 10.8. The lowest BCUT2D eigenvalue weighted by Crippen LogP contribution is -2.12. The van der Waals surface area contributed by atoms with Gasteiger partial charge in [0.05, 0.1) is 0 Å². The summed E-state index contributed by atoms with van der Waals surface area (Å²) in [7, 11) is 0. The molecule has 0 atom stereocenters. The fourth-order valence-electron chi connectivity index (χ4n) is 2.21. The molecule has 0 heterocycles. The van der Waals surface area contributed by atoms with Crippen molar-refractivity contribution in [2.24, 2.45) is 5.73 Å². The normalized spacial score (nSPS) is 10.3. The van der Waals surface area contributed by atoms with E-state index in [2.05, 4.69) is 32.0 Å². The van der Waals surface area contributed by atoms with Crippen LogP contribution in [0.2, 0.25) is 0 Å². The molecule has 0 radical (unpaired) electrons. The van der Waals surface area contributed by atoms with Crippen LogP contribution in [-0.4, -0.2) is 5.84 Å². The lowest BCUT2D eigenvalue weighted by atomic mass is 9.92. The fourth-order valence-corrected chi connectivity index (χ4v) is 2.21. The maximum absolute atomic E-state index is 7.70. The van der Waals surface area contributed by atoms with Crippen LogP contribution < -0.4 is 5.73 Å². The van der Waals surface area contributed by atoms with Gasteiger partial charge in [0.2, 0.25) is 0 Å². The van der Waals surface area contributed by atoms with Crippen LogP contribution in [-0.2, 0) is 6.42 Å². The number of amidine groups is 1. The molecule has 92 valence electrons. The number of nitrogens with two attached hydrogens (primary N) is 1. The summed E-state index contributed by atoms with van der Waals surface area (Å²) in [6.45, 7) is 4.20. The third-order valence-electron chi connectivity index (χ3n) is 3.15. The first-order valence-electron chi connectivity index (χ1n) is 6.16. The van der Waals surface area contributed by atoms with E-state index in [1.54, 1.807) is 0 Å². The molecule has 0 aliphatic heterocycles. The summed E-state index contributed by atoms with van der Waals surface area (Å²) >= 11 is 0. The molecule has 0 saturated carbocycles. The molecule has 2 nitrogen and oxygen atoms in total. The van der Waals surface area contributed by atoms with Crippen molar-refractivity contribution in [1.82, 2.24) is 0 Å². The van der Waals surface area contributed by atoms with Gasteiger partial charge in [0, 0.05) is 5.56 Å². The van der Waals surface area contributed by atoms with E-state index in [0.717, 1.165) is 17.5 Å². The Balaban J connectivity index is 2.69. The second kappa shape index (κ2) is 5.05. The van der Waals surface area contributed by atoms with Crippen LogP contribution >= 0.6 is 0 Å². The predicted octanol–water partition coefficient (Wildman–Crippen LogP) is 3.51. The Morgan fingerprint density at radius 2 is 1.83 bits per heavy atom. The van der Waals surface area contributed by atoms with Gasteiger partial charge in [-0.1, -0.05) is 55.0 Å². The van der Waals surface area contributed by atoms with E-state index in [4.69, 9.17) is 11.1 Å². The maximum Gasteiger partial charge on any atom is 0.123 e. The number of rotatable bonds is 3. The van der Waals surface area contributed by atoms with E-state index in [9.17, 15) is 0 Å². The van der Waals surface area contributed by atoms with Crippen LogP contribution in [0, 0.1) is 12.3 Å². The third kappa shape index (κ3) is 2.28. The first-order valence-corrected chi connectivity index (χ1v) is 6.16. The van der Waals surface area contributed by atoms with E-state index >= 15 is 0 Å². The summed E-state index contributed by atoms with van der Waals surface area (Å²) in [4.78, 5) is 0. The highest BCUT2D eigenvalue weighted by molar-refractivity contribution is 6.02. The van der Waals surface area contributed by atoms with Crippen LogP contribution in [0.25, 0.3) is 11.1 Å². The van der Waals surface area contributed by atoms with E-state index < -0.39 is 0 Å². The number of hydrogen-bond acceptors (Lipinski definition) is 1.